The van der Waals surface area contributed by atoms with Gasteiger partial charge in [0.2, 0.25) is 0 Å². The van der Waals surface area contributed by atoms with Crippen LogP contribution in [-0.2, 0) is 9.47 Å². The molecule has 13 heavy (non-hydrogen) atoms. The molecule has 0 amide bonds. The van der Waals surface area contributed by atoms with Crippen LogP contribution in [0.25, 0.3) is 0 Å². The molecule has 0 saturated carbocycles. The molecule has 2 fully saturated rings. The van der Waals surface area contributed by atoms with E-state index in [2.05, 4.69) is 5.32 Å². The molecule has 2 aliphatic rings. The Kier molecular flexibility index (Phi) is 3.58. The van der Waals surface area contributed by atoms with Crippen molar-refractivity contribution >= 4 is 0 Å². The van der Waals surface area contributed by atoms with Crippen LogP contribution in [0, 0.1) is 0 Å². The van der Waals surface area contributed by atoms with Crippen LogP contribution in [-0.4, -0.2) is 38.5 Å². The van der Waals surface area contributed by atoms with Crippen molar-refractivity contribution in [1.82, 2.24) is 5.32 Å². The Bertz CT molecular complexity index is 124. The van der Waals surface area contributed by atoms with E-state index in [1.54, 1.807) is 0 Å². The van der Waals surface area contributed by atoms with Gasteiger partial charge in [0.1, 0.15) is 0 Å². The van der Waals surface area contributed by atoms with Gasteiger partial charge in [0.05, 0.1) is 12.7 Å². The average molecular weight is 185 g/mol. The summed E-state index contributed by atoms with van der Waals surface area (Å²) < 4.78 is 10.8. The van der Waals surface area contributed by atoms with Gasteiger partial charge in [-0.3, -0.25) is 0 Å². The summed E-state index contributed by atoms with van der Waals surface area (Å²) in [6, 6.07) is 0.599. The van der Waals surface area contributed by atoms with Crippen LogP contribution in [0.1, 0.15) is 25.7 Å². The third kappa shape index (κ3) is 2.93. The third-order valence-electron chi connectivity index (χ3n) is 2.85. The quantitative estimate of drug-likeness (QED) is 0.707. The molecule has 0 aliphatic carbocycles. The molecular formula is C10H19NO2. The summed E-state index contributed by atoms with van der Waals surface area (Å²) in [5, 5.41) is 3.50. The first kappa shape index (κ1) is 9.44. The van der Waals surface area contributed by atoms with Gasteiger partial charge >= 0.3 is 0 Å². The first-order valence-electron chi connectivity index (χ1n) is 5.38. The van der Waals surface area contributed by atoms with Gasteiger partial charge in [0.15, 0.2) is 0 Å². The summed E-state index contributed by atoms with van der Waals surface area (Å²) in [5.41, 5.74) is 0. The van der Waals surface area contributed by atoms with Gasteiger partial charge in [0, 0.05) is 19.3 Å². The predicted molar refractivity (Wildman–Crippen MR) is 50.8 cm³/mol. The smallest absolute Gasteiger partial charge is 0.0620 e. The monoisotopic (exact) mass is 185 g/mol. The van der Waals surface area contributed by atoms with E-state index in [1.807, 2.05) is 0 Å². The normalized spacial score (nSPS) is 34.2. The van der Waals surface area contributed by atoms with Crippen LogP contribution in [0.2, 0.25) is 0 Å². The minimum Gasteiger partial charge on any atom is -0.380 e. The summed E-state index contributed by atoms with van der Waals surface area (Å²) in [7, 11) is 0. The molecule has 76 valence electrons. The van der Waals surface area contributed by atoms with E-state index in [4.69, 9.17) is 9.47 Å². The molecule has 0 aromatic carbocycles. The number of hydrogen-bond acceptors (Lipinski definition) is 3. The lowest BCUT2D eigenvalue weighted by atomic mass is 10.1. The Morgan fingerprint density at radius 1 is 1.23 bits per heavy atom. The lowest BCUT2D eigenvalue weighted by molar-refractivity contribution is 0.103. The van der Waals surface area contributed by atoms with Crippen molar-refractivity contribution in [2.75, 3.05) is 26.4 Å². The van der Waals surface area contributed by atoms with E-state index in [0.717, 1.165) is 32.8 Å². The molecule has 0 bridgehead atoms. The lowest BCUT2D eigenvalue weighted by Crippen LogP contribution is -2.31. The Labute approximate surface area is 79.8 Å². The second-order valence-corrected chi connectivity index (χ2v) is 3.94. The molecule has 3 nitrogen and oxygen atoms in total. The molecule has 2 unspecified atom stereocenters. The first-order valence-corrected chi connectivity index (χ1v) is 5.38. The van der Waals surface area contributed by atoms with Crippen molar-refractivity contribution in [2.24, 2.45) is 0 Å². The van der Waals surface area contributed by atoms with E-state index in [9.17, 15) is 0 Å². The Morgan fingerprint density at radius 3 is 2.92 bits per heavy atom. The van der Waals surface area contributed by atoms with E-state index in [1.165, 1.54) is 19.3 Å². The first-order chi connectivity index (χ1) is 6.45. The average Bonchev–Trinajstić information content (AvgIpc) is 2.75. The zero-order valence-corrected chi connectivity index (χ0v) is 8.13. The molecule has 0 spiro atoms. The number of ether oxygens (including phenoxy) is 2. The third-order valence-corrected chi connectivity index (χ3v) is 2.85. The van der Waals surface area contributed by atoms with Crippen molar-refractivity contribution in [2.45, 2.75) is 37.8 Å². The highest BCUT2D eigenvalue weighted by Gasteiger charge is 2.17. The molecule has 2 rings (SSSR count). The van der Waals surface area contributed by atoms with E-state index < -0.39 is 0 Å². The molecular weight excluding hydrogens is 166 g/mol. The molecule has 3 heteroatoms. The van der Waals surface area contributed by atoms with E-state index in [-0.39, 0.29) is 0 Å². The Hall–Kier alpha value is -0.120. The Morgan fingerprint density at radius 2 is 2.23 bits per heavy atom. The largest absolute Gasteiger partial charge is 0.380 e. The van der Waals surface area contributed by atoms with E-state index >= 15 is 0 Å². The summed E-state index contributed by atoms with van der Waals surface area (Å²) in [6.45, 7) is 3.87. The van der Waals surface area contributed by atoms with Crippen LogP contribution in [0.15, 0.2) is 0 Å². The molecule has 2 saturated heterocycles. The predicted octanol–water partition coefficient (Wildman–Crippen LogP) is 0.934. The fraction of sp³-hybridized carbons (Fsp3) is 1.00. The maximum Gasteiger partial charge on any atom is 0.0620 e. The molecule has 1 N–H and O–H groups in total. The summed E-state index contributed by atoms with van der Waals surface area (Å²) in [5.74, 6) is 0. The highest BCUT2D eigenvalue weighted by Crippen LogP contribution is 2.14. The zero-order valence-electron chi connectivity index (χ0n) is 8.13. The minimum absolute atomic E-state index is 0.523. The highest BCUT2D eigenvalue weighted by atomic mass is 16.5. The van der Waals surface area contributed by atoms with Crippen LogP contribution in [0.4, 0.5) is 0 Å². The maximum absolute atomic E-state index is 5.55. The summed E-state index contributed by atoms with van der Waals surface area (Å²) in [4.78, 5) is 0. The molecule has 0 aromatic heterocycles. The van der Waals surface area contributed by atoms with Gasteiger partial charge in [-0.1, -0.05) is 0 Å². The maximum atomic E-state index is 5.55. The number of nitrogens with one attached hydrogen (secondary N) is 1. The second kappa shape index (κ2) is 4.94. The summed E-state index contributed by atoms with van der Waals surface area (Å²) >= 11 is 0. The van der Waals surface area contributed by atoms with Gasteiger partial charge in [0.25, 0.3) is 0 Å². The van der Waals surface area contributed by atoms with Gasteiger partial charge in [-0.25, -0.2) is 0 Å². The van der Waals surface area contributed by atoms with Gasteiger partial charge in [-0.15, -0.1) is 0 Å². The molecule has 2 aliphatic heterocycles. The van der Waals surface area contributed by atoms with Crippen molar-refractivity contribution in [3.05, 3.63) is 0 Å². The molecule has 2 heterocycles. The lowest BCUT2D eigenvalue weighted by Gasteiger charge is -2.13. The Balaban J connectivity index is 1.52. The number of hydrogen-bond donors (Lipinski definition) is 1. The van der Waals surface area contributed by atoms with Crippen molar-refractivity contribution in [3.8, 4) is 0 Å². The van der Waals surface area contributed by atoms with Gasteiger partial charge < -0.3 is 14.8 Å². The van der Waals surface area contributed by atoms with E-state index in [0.29, 0.717) is 12.1 Å². The minimum atomic E-state index is 0.523. The van der Waals surface area contributed by atoms with Gasteiger partial charge in [-0.2, -0.15) is 0 Å². The fourth-order valence-corrected chi connectivity index (χ4v) is 2.02. The zero-order chi connectivity index (χ0) is 8.93. The molecule has 0 aromatic rings. The van der Waals surface area contributed by atoms with Crippen molar-refractivity contribution in [3.63, 3.8) is 0 Å². The SMILES string of the molecule is C1COC(CCNC2CCOC2)C1. The number of rotatable bonds is 4. The van der Waals surface area contributed by atoms with Crippen LogP contribution >= 0.6 is 0 Å². The topological polar surface area (TPSA) is 30.5 Å². The van der Waals surface area contributed by atoms with Gasteiger partial charge in [-0.05, 0) is 32.2 Å². The van der Waals surface area contributed by atoms with Crippen LogP contribution in [0.5, 0.6) is 0 Å². The molecule has 0 radical (unpaired) electrons. The van der Waals surface area contributed by atoms with Crippen LogP contribution in [0.3, 0.4) is 0 Å². The standard InChI is InChI=1S/C10H19NO2/c1-2-10(13-6-1)3-5-11-9-4-7-12-8-9/h9-11H,1-8H2. The molecule has 2 atom stereocenters. The van der Waals surface area contributed by atoms with Crippen molar-refractivity contribution in [1.29, 1.82) is 0 Å². The fourth-order valence-electron chi connectivity index (χ4n) is 2.02. The van der Waals surface area contributed by atoms with Crippen molar-refractivity contribution < 1.29 is 9.47 Å². The second-order valence-electron chi connectivity index (χ2n) is 3.94. The highest BCUT2D eigenvalue weighted by molar-refractivity contribution is 4.73. The summed E-state index contributed by atoms with van der Waals surface area (Å²) in [6.07, 6.45) is 5.36. The van der Waals surface area contributed by atoms with Crippen LogP contribution < -0.4 is 5.32 Å².